The van der Waals surface area contributed by atoms with Crippen molar-refractivity contribution in [3.05, 3.63) is 32.9 Å². The van der Waals surface area contributed by atoms with Crippen LogP contribution in [0.1, 0.15) is 42.1 Å². The van der Waals surface area contributed by atoms with Crippen LogP contribution in [-0.2, 0) is 6.18 Å². The second-order valence-electron chi connectivity index (χ2n) is 5.07. The van der Waals surface area contributed by atoms with E-state index in [9.17, 15) is 18.0 Å². The lowest BCUT2D eigenvalue weighted by Gasteiger charge is -2.33. The Morgan fingerprint density at radius 1 is 1.30 bits per heavy atom. The summed E-state index contributed by atoms with van der Waals surface area (Å²) >= 11 is 1.81. The summed E-state index contributed by atoms with van der Waals surface area (Å²) in [6.07, 6.45) is -1.55. The number of halogens is 4. The zero-order valence-electron chi connectivity index (χ0n) is 11.0. The molecule has 1 amide bonds. The number of rotatable bonds is 1. The van der Waals surface area contributed by atoms with Crippen LogP contribution in [0, 0.1) is 3.57 Å². The van der Waals surface area contributed by atoms with E-state index in [1.807, 2.05) is 29.5 Å². The Hall–Kier alpha value is -0.790. The van der Waals surface area contributed by atoms with Crippen LogP contribution in [0.15, 0.2) is 18.2 Å². The highest BCUT2D eigenvalue weighted by Crippen LogP contribution is 2.31. The molecule has 0 N–H and O–H groups in total. The fourth-order valence-corrected chi connectivity index (χ4v) is 3.11. The molecule has 1 fully saturated rings. The van der Waals surface area contributed by atoms with Gasteiger partial charge < -0.3 is 4.90 Å². The summed E-state index contributed by atoms with van der Waals surface area (Å²) < 4.78 is 38.8. The Morgan fingerprint density at radius 2 is 2.00 bits per heavy atom. The number of piperidine rings is 1. The summed E-state index contributed by atoms with van der Waals surface area (Å²) in [5, 5.41) is 0. The minimum atomic E-state index is -4.43. The van der Waals surface area contributed by atoms with Crippen molar-refractivity contribution in [1.82, 2.24) is 4.90 Å². The number of amides is 1. The van der Waals surface area contributed by atoms with Crippen molar-refractivity contribution in [1.29, 1.82) is 0 Å². The molecule has 2 rings (SSSR count). The maximum atomic E-state index is 12.8. The maximum Gasteiger partial charge on any atom is 0.416 e. The lowest BCUT2D eigenvalue weighted by Crippen LogP contribution is -2.42. The third kappa shape index (κ3) is 3.45. The predicted molar refractivity (Wildman–Crippen MR) is 78.5 cm³/mol. The average molecular weight is 397 g/mol. The topological polar surface area (TPSA) is 20.3 Å². The Bertz CT molecular complexity index is 516. The van der Waals surface area contributed by atoms with Crippen LogP contribution in [0.2, 0.25) is 0 Å². The highest BCUT2D eigenvalue weighted by molar-refractivity contribution is 14.1. The number of benzene rings is 1. The van der Waals surface area contributed by atoms with Gasteiger partial charge in [-0.25, -0.2) is 0 Å². The number of nitrogens with zero attached hydrogens (tertiary/aromatic N) is 1. The van der Waals surface area contributed by atoms with Crippen LogP contribution in [0.25, 0.3) is 0 Å². The van der Waals surface area contributed by atoms with Crippen molar-refractivity contribution in [2.24, 2.45) is 0 Å². The highest BCUT2D eigenvalue weighted by atomic mass is 127. The largest absolute Gasteiger partial charge is 0.416 e. The van der Waals surface area contributed by atoms with E-state index >= 15 is 0 Å². The van der Waals surface area contributed by atoms with Crippen molar-refractivity contribution in [3.8, 4) is 0 Å². The van der Waals surface area contributed by atoms with Gasteiger partial charge in [-0.15, -0.1) is 0 Å². The lowest BCUT2D eigenvalue weighted by molar-refractivity contribution is -0.137. The third-order valence-electron chi connectivity index (χ3n) is 3.54. The second-order valence-corrected chi connectivity index (χ2v) is 6.32. The van der Waals surface area contributed by atoms with Gasteiger partial charge in [0.25, 0.3) is 5.91 Å². The molecule has 1 heterocycles. The normalized spacial score (nSPS) is 20.1. The SMILES string of the molecule is CC1CCCCN1C(=O)c1cc(I)cc(C(F)(F)F)c1. The molecule has 1 aromatic carbocycles. The molecule has 0 bridgehead atoms. The molecule has 0 aliphatic carbocycles. The van der Waals surface area contributed by atoms with Gasteiger partial charge in [-0.05, 0) is 67.0 Å². The first-order valence-corrected chi connectivity index (χ1v) is 7.55. The van der Waals surface area contributed by atoms with Crippen molar-refractivity contribution in [3.63, 3.8) is 0 Å². The first-order valence-electron chi connectivity index (χ1n) is 6.48. The van der Waals surface area contributed by atoms with Crippen LogP contribution < -0.4 is 0 Å². The molecule has 1 aliphatic heterocycles. The van der Waals surface area contributed by atoms with Gasteiger partial charge in [0.05, 0.1) is 5.56 Å². The number of carbonyl (C=O) groups is 1. The van der Waals surface area contributed by atoms with Gasteiger partial charge in [0, 0.05) is 21.7 Å². The van der Waals surface area contributed by atoms with Gasteiger partial charge >= 0.3 is 6.18 Å². The molecule has 0 radical (unpaired) electrons. The summed E-state index contributed by atoms with van der Waals surface area (Å²) in [6, 6.07) is 3.60. The fourth-order valence-electron chi connectivity index (χ4n) is 2.44. The van der Waals surface area contributed by atoms with Crippen molar-refractivity contribution in [2.45, 2.75) is 38.4 Å². The summed E-state index contributed by atoms with van der Waals surface area (Å²) in [6.45, 7) is 2.56. The summed E-state index contributed by atoms with van der Waals surface area (Å²) in [5.41, 5.74) is -0.643. The molecule has 1 aliphatic rings. The molecular formula is C14H15F3INO. The van der Waals surface area contributed by atoms with Crippen LogP contribution in [0.4, 0.5) is 13.2 Å². The molecule has 1 unspecified atom stereocenters. The number of alkyl halides is 3. The Balaban J connectivity index is 2.32. The predicted octanol–water partition coefficient (Wildman–Crippen LogP) is 4.32. The van der Waals surface area contributed by atoms with Gasteiger partial charge in [-0.1, -0.05) is 0 Å². The van der Waals surface area contributed by atoms with Gasteiger partial charge in [0.1, 0.15) is 0 Å². The molecule has 6 heteroatoms. The summed E-state index contributed by atoms with van der Waals surface area (Å²) in [4.78, 5) is 14.1. The summed E-state index contributed by atoms with van der Waals surface area (Å²) in [7, 11) is 0. The molecule has 0 saturated carbocycles. The van der Waals surface area contributed by atoms with E-state index in [4.69, 9.17) is 0 Å². The van der Waals surface area contributed by atoms with Crippen molar-refractivity contribution >= 4 is 28.5 Å². The van der Waals surface area contributed by atoms with E-state index in [0.29, 0.717) is 10.1 Å². The first kappa shape index (κ1) is 15.6. The zero-order valence-corrected chi connectivity index (χ0v) is 13.2. The van der Waals surface area contributed by atoms with Gasteiger partial charge in [-0.3, -0.25) is 4.79 Å². The molecule has 2 nitrogen and oxygen atoms in total. The number of hydrogen-bond acceptors (Lipinski definition) is 1. The van der Waals surface area contributed by atoms with Crippen LogP contribution in [0.3, 0.4) is 0 Å². The smallest absolute Gasteiger partial charge is 0.336 e. The molecule has 0 aromatic heterocycles. The molecule has 1 atom stereocenters. The van der Waals surface area contributed by atoms with Crippen LogP contribution in [-0.4, -0.2) is 23.4 Å². The molecule has 110 valence electrons. The summed E-state index contributed by atoms with van der Waals surface area (Å²) in [5.74, 6) is -0.304. The van der Waals surface area contributed by atoms with Gasteiger partial charge in [0.2, 0.25) is 0 Å². The fraction of sp³-hybridized carbons (Fsp3) is 0.500. The number of hydrogen-bond donors (Lipinski definition) is 0. The standard InChI is InChI=1S/C14H15F3INO/c1-9-4-2-3-5-19(9)13(20)10-6-11(14(15,16)17)8-12(18)7-10/h6-9H,2-5H2,1H3. The molecular weight excluding hydrogens is 382 g/mol. The quantitative estimate of drug-likeness (QED) is 0.647. The minimum absolute atomic E-state index is 0.0865. The number of carbonyl (C=O) groups excluding carboxylic acids is 1. The van der Waals surface area contributed by atoms with Crippen molar-refractivity contribution in [2.75, 3.05) is 6.54 Å². The van der Waals surface area contributed by atoms with E-state index < -0.39 is 11.7 Å². The second kappa shape index (κ2) is 5.91. The first-order chi connectivity index (χ1) is 9.29. The van der Waals surface area contributed by atoms with Crippen LogP contribution >= 0.6 is 22.6 Å². The van der Waals surface area contributed by atoms with E-state index in [2.05, 4.69) is 0 Å². The Kier molecular flexibility index (Phi) is 4.61. The minimum Gasteiger partial charge on any atom is -0.336 e. The Labute approximate surface area is 129 Å². The van der Waals surface area contributed by atoms with E-state index in [0.717, 1.165) is 31.4 Å². The van der Waals surface area contributed by atoms with E-state index in [1.165, 1.54) is 6.07 Å². The molecule has 20 heavy (non-hydrogen) atoms. The van der Waals surface area contributed by atoms with Gasteiger partial charge in [0.15, 0.2) is 0 Å². The molecule has 1 aromatic rings. The average Bonchev–Trinajstić information content (AvgIpc) is 2.37. The van der Waals surface area contributed by atoms with Gasteiger partial charge in [-0.2, -0.15) is 13.2 Å². The number of likely N-dealkylation sites (tertiary alicyclic amines) is 1. The molecule has 0 spiro atoms. The van der Waals surface area contributed by atoms with Crippen molar-refractivity contribution < 1.29 is 18.0 Å². The van der Waals surface area contributed by atoms with Crippen LogP contribution in [0.5, 0.6) is 0 Å². The maximum absolute atomic E-state index is 12.8. The monoisotopic (exact) mass is 397 g/mol. The zero-order chi connectivity index (χ0) is 14.9. The Morgan fingerprint density at radius 3 is 2.60 bits per heavy atom. The molecule has 1 saturated heterocycles. The third-order valence-corrected chi connectivity index (χ3v) is 4.16. The lowest BCUT2D eigenvalue weighted by atomic mass is 10.0. The van der Waals surface area contributed by atoms with E-state index in [1.54, 1.807) is 4.90 Å². The van der Waals surface area contributed by atoms with E-state index in [-0.39, 0.29) is 17.5 Å². The highest BCUT2D eigenvalue weighted by Gasteiger charge is 2.32.